The van der Waals surface area contributed by atoms with E-state index in [9.17, 15) is 9.59 Å². The molecule has 1 aromatic carbocycles. The molecule has 1 N–H and O–H groups in total. The molecular formula is C15H14N2O3. The van der Waals surface area contributed by atoms with E-state index in [1.807, 2.05) is 0 Å². The molecule has 2 rings (SSSR count). The van der Waals surface area contributed by atoms with Gasteiger partial charge in [-0.2, -0.15) is 0 Å². The number of carbonyl (C=O) groups is 2. The summed E-state index contributed by atoms with van der Waals surface area (Å²) < 4.78 is 5.70. The molecule has 0 radical (unpaired) electrons. The maximum absolute atomic E-state index is 11.1. The van der Waals surface area contributed by atoms with Gasteiger partial charge >= 0.3 is 0 Å². The Bertz CT molecular complexity index is 653. The van der Waals surface area contributed by atoms with Gasteiger partial charge < -0.3 is 10.1 Å². The van der Waals surface area contributed by atoms with E-state index in [4.69, 9.17) is 4.74 Å². The zero-order chi connectivity index (χ0) is 14.5. The van der Waals surface area contributed by atoms with Crippen molar-refractivity contribution >= 4 is 17.9 Å². The molecule has 0 saturated carbocycles. The second-order valence-corrected chi connectivity index (χ2v) is 4.29. The van der Waals surface area contributed by atoms with Gasteiger partial charge in [-0.05, 0) is 25.1 Å². The Morgan fingerprint density at radius 2 is 2.10 bits per heavy atom. The van der Waals surface area contributed by atoms with Crippen LogP contribution in [0.25, 0.3) is 0 Å². The van der Waals surface area contributed by atoms with Crippen molar-refractivity contribution in [1.29, 1.82) is 0 Å². The first-order chi connectivity index (χ1) is 9.60. The number of para-hydroxylation sites is 2. The van der Waals surface area contributed by atoms with Crippen molar-refractivity contribution < 1.29 is 14.3 Å². The number of benzene rings is 1. The molecule has 0 aliphatic carbocycles. The van der Waals surface area contributed by atoms with Crippen LogP contribution in [0.3, 0.4) is 0 Å². The van der Waals surface area contributed by atoms with Crippen molar-refractivity contribution in [3.63, 3.8) is 0 Å². The van der Waals surface area contributed by atoms with E-state index in [-0.39, 0.29) is 5.91 Å². The zero-order valence-corrected chi connectivity index (χ0v) is 11.2. The van der Waals surface area contributed by atoms with Crippen LogP contribution >= 0.6 is 0 Å². The maximum Gasteiger partial charge on any atom is 0.222 e. The molecule has 0 saturated heterocycles. The summed E-state index contributed by atoms with van der Waals surface area (Å²) in [6.07, 6.45) is 2.17. The molecule has 20 heavy (non-hydrogen) atoms. The molecule has 102 valence electrons. The van der Waals surface area contributed by atoms with Crippen LogP contribution in [0.2, 0.25) is 0 Å². The number of nitrogens with zero attached hydrogens (tertiary/aromatic N) is 1. The van der Waals surface area contributed by atoms with Gasteiger partial charge in [0.1, 0.15) is 0 Å². The third kappa shape index (κ3) is 3.20. The number of hydrogen-bond acceptors (Lipinski definition) is 4. The average molecular weight is 270 g/mol. The van der Waals surface area contributed by atoms with Crippen LogP contribution in [0.5, 0.6) is 11.6 Å². The molecule has 5 heteroatoms. The maximum atomic E-state index is 11.1. The van der Waals surface area contributed by atoms with Crippen molar-refractivity contribution in [3.05, 3.63) is 47.7 Å². The van der Waals surface area contributed by atoms with Gasteiger partial charge in [0.05, 0.1) is 5.69 Å². The summed E-state index contributed by atoms with van der Waals surface area (Å²) in [6.45, 7) is 3.23. The van der Waals surface area contributed by atoms with E-state index in [2.05, 4.69) is 10.3 Å². The van der Waals surface area contributed by atoms with Gasteiger partial charge in [0, 0.05) is 24.2 Å². The highest BCUT2D eigenvalue weighted by Crippen LogP contribution is 2.29. The lowest BCUT2D eigenvalue weighted by Gasteiger charge is -2.12. The Kier molecular flexibility index (Phi) is 4.10. The lowest BCUT2D eigenvalue weighted by Crippen LogP contribution is -2.07. The number of anilines is 1. The van der Waals surface area contributed by atoms with Crippen LogP contribution in [0.4, 0.5) is 5.69 Å². The normalized spacial score (nSPS) is 9.90. The van der Waals surface area contributed by atoms with Crippen LogP contribution in [-0.2, 0) is 4.79 Å². The number of hydrogen-bond donors (Lipinski definition) is 1. The lowest BCUT2D eigenvalue weighted by molar-refractivity contribution is -0.114. The Balaban J connectivity index is 2.30. The second kappa shape index (κ2) is 5.97. The minimum atomic E-state index is -0.179. The fourth-order valence-electron chi connectivity index (χ4n) is 1.71. The molecule has 0 aliphatic heterocycles. The Labute approximate surface area is 116 Å². The summed E-state index contributed by atoms with van der Waals surface area (Å²) in [5, 5.41) is 2.69. The van der Waals surface area contributed by atoms with Gasteiger partial charge in [0.25, 0.3) is 0 Å². The molecule has 0 atom stereocenters. The number of pyridine rings is 1. The van der Waals surface area contributed by atoms with Gasteiger partial charge in [-0.15, -0.1) is 0 Å². The summed E-state index contributed by atoms with van der Waals surface area (Å²) in [6, 6.07) is 8.77. The highest BCUT2D eigenvalue weighted by molar-refractivity contribution is 5.90. The minimum Gasteiger partial charge on any atom is -0.437 e. The summed E-state index contributed by atoms with van der Waals surface area (Å²) in [5.74, 6) is 0.715. The minimum absolute atomic E-state index is 0.179. The van der Waals surface area contributed by atoms with Crippen LogP contribution in [0.1, 0.15) is 22.8 Å². The quantitative estimate of drug-likeness (QED) is 0.867. The number of aryl methyl sites for hydroxylation is 1. The topological polar surface area (TPSA) is 68.3 Å². The highest BCUT2D eigenvalue weighted by atomic mass is 16.5. The van der Waals surface area contributed by atoms with Crippen molar-refractivity contribution in [3.8, 4) is 11.6 Å². The zero-order valence-electron chi connectivity index (χ0n) is 11.2. The predicted molar refractivity (Wildman–Crippen MR) is 75.2 cm³/mol. The van der Waals surface area contributed by atoms with Gasteiger partial charge in [-0.1, -0.05) is 12.1 Å². The molecule has 1 amide bonds. The smallest absolute Gasteiger partial charge is 0.222 e. The molecule has 1 aromatic heterocycles. The van der Waals surface area contributed by atoms with E-state index in [0.29, 0.717) is 22.9 Å². The molecule has 0 aliphatic rings. The molecule has 0 bridgehead atoms. The number of aldehydes is 1. The molecular weight excluding hydrogens is 256 g/mol. The SMILES string of the molecule is CC(=O)Nc1ccccc1Oc1ncc(C=O)cc1C. The monoisotopic (exact) mass is 270 g/mol. The molecule has 0 fully saturated rings. The number of carbonyl (C=O) groups excluding carboxylic acids is 2. The largest absolute Gasteiger partial charge is 0.437 e. The van der Waals surface area contributed by atoms with Gasteiger partial charge in [0.2, 0.25) is 11.8 Å². The first-order valence-electron chi connectivity index (χ1n) is 6.06. The first kappa shape index (κ1) is 13.7. The highest BCUT2D eigenvalue weighted by Gasteiger charge is 2.09. The van der Waals surface area contributed by atoms with E-state index in [0.717, 1.165) is 11.8 Å². The summed E-state index contributed by atoms with van der Waals surface area (Å²) in [5.41, 5.74) is 1.80. The van der Waals surface area contributed by atoms with Gasteiger partial charge in [-0.25, -0.2) is 4.98 Å². The Morgan fingerprint density at radius 3 is 2.75 bits per heavy atom. The van der Waals surface area contributed by atoms with Crippen molar-refractivity contribution in [2.45, 2.75) is 13.8 Å². The number of nitrogens with one attached hydrogen (secondary N) is 1. The van der Waals surface area contributed by atoms with Crippen LogP contribution in [0.15, 0.2) is 36.5 Å². The van der Waals surface area contributed by atoms with E-state index >= 15 is 0 Å². The Hall–Kier alpha value is -2.69. The van der Waals surface area contributed by atoms with E-state index in [1.165, 1.54) is 13.1 Å². The third-order valence-corrected chi connectivity index (χ3v) is 2.59. The van der Waals surface area contributed by atoms with Crippen molar-refractivity contribution in [2.75, 3.05) is 5.32 Å². The molecule has 2 aromatic rings. The molecule has 1 heterocycles. The van der Waals surface area contributed by atoms with Crippen molar-refractivity contribution in [1.82, 2.24) is 4.98 Å². The summed E-state index contributed by atoms with van der Waals surface area (Å²) >= 11 is 0. The fraction of sp³-hybridized carbons (Fsp3) is 0.133. The predicted octanol–water partition coefficient (Wildman–Crippen LogP) is 2.95. The van der Waals surface area contributed by atoms with Gasteiger partial charge in [0.15, 0.2) is 12.0 Å². The third-order valence-electron chi connectivity index (χ3n) is 2.59. The van der Waals surface area contributed by atoms with E-state index < -0.39 is 0 Å². The second-order valence-electron chi connectivity index (χ2n) is 4.29. The molecule has 5 nitrogen and oxygen atoms in total. The molecule has 0 unspecified atom stereocenters. The average Bonchev–Trinajstić information content (AvgIpc) is 2.42. The fourth-order valence-corrected chi connectivity index (χ4v) is 1.71. The first-order valence-corrected chi connectivity index (χ1v) is 6.06. The molecule has 0 spiro atoms. The van der Waals surface area contributed by atoms with Crippen molar-refractivity contribution in [2.24, 2.45) is 0 Å². The van der Waals surface area contributed by atoms with Crippen LogP contribution in [0, 0.1) is 6.92 Å². The number of amides is 1. The summed E-state index contributed by atoms with van der Waals surface area (Å²) in [4.78, 5) is 25.9. The number of aromatic nitrogens is 1. The van der Waals surface area contributed by atoms with E-state index in [1.54, 1.807) is 37.3 Å². The summed E-state index contributed by atoms with van der Waals surface area (Å²) in [7, 11) is 0. The number of ether oxygens (including phenoxy) is 1. The lowest BCUT2D eigenvalue weighted by atomic mass is 10.2. The Morgan fingerprint density at radius 1 is 1.35 bits per heavy atom. The standard InChI is InChI=1S/C15H14N2O3/c1-10-7-12(9-18)8-16-15(10)20-14-6-4-3-5-13(14)17-11(2)19/h3-9H,1-2H3,(H,17,19). The van der Waals surface area contributed by atoms with Gasteiger partial charge in [-0.3, -0.25) is 9.59 Å². The van der Waals surface area contributed by atoms with Crippen LogP contribution in [-0.4, -0.2) is 17.2 Å². The van der Waals surface area contributed by atoms with Crippen LogP contribution < -0.4 is 10.1 Å². The number of rotatable bonds is 4.